The van der Waals surface area contributed by atoms with E-state index in [0.29, 0.717) is 24.3 Å². The number of aromatic nitrogens is 1. The van der Waals surface area contributed by atoms with Crippen molar-refractivity contribution < 1.29 is 19.2 Å². The van der Waals surface area contributed by atoms with Crippen LogP contribution in [0, 0.1) is 12.8 Å². The number of hydrogen-bond acceptors (Lipinski definition) is 5. The van der Waals surface area contributed by atoms with Gasteiger partial charge >= 0.3 is 5.97 Å². The molecule has 29 heavy (non-hydrogen) atoms. The number of nitrogens with zero attached hydrogens (tertiary/aromatic N) is 2. The average Bonchev–Trinajstić information content (AvgIpc) is 3.30. The molecular weight excluding hydrogens is 370 g/mol. The third kappa shape index (κ3) is 4.50. The first-order chi connectivity index (χ1) is 13.7. The van der Waals surface area contributed by atoms with E-state index < -0.39 is 5.97 Å². The molecular formula is C22H29N3O4. The summed E-state index contributed by atoms with van der Waals surface area (Å²) in [6, 6.07) is 6.07. The second-order valence-corrected chi connectivity index (χ2v) is 8.16. The number of nitrogens with one attached hydrogen (secondary N) is 1. The minimum Gasteiger partial charge on any atom is -0.476 e. The van der Waals surface area contributed by atoms with Crippen LogP contribution in [0.1, 0.15) is 65.6 Å². The summed E-state index contributed by atoms with van der Waals surface area (Å²) >= 11 is 0. The molecule has 1 aliphatic carbocycles. The molecule has 1 fully saturated rings. The number of aryl methyl sites for hydroxylation is 1. The number of hydrogen-bond donors (Lipinski definition) is 2. The molecule has 7 heteroatoms. The molecule has 2 heterocycles. The average molecular weight is 399 g/mol. The quantitative estimate of drug-likeness (QED) is 0.796. The fourth-order valence-electron chi connectivity index (χ4n) is 3.51. The van der Waals surface area contributed by atoms with E-state index in [0.717, 1.165) is 22.3 Å². The van der Waals surface area contributed by atoms with Crippen molar-refractivity contribution >= 4 is 11.9 Å². The van der Waals surface area contributed by atoms with E-state index in [9.17, 15) is 9.59 Å². The molecule has 0 saturated heterocycles. The summed E-state index contributed by atoms with van der Waals surface area (Å²) in [5, 5.41) is 15.5. The van der Waals surface area contributed by atoms with Gasteiger partial charge in [-0.25, -0.2) is 4.79 Å². The topological polar surface area (TPSA) is 95.7 Å². The van der Waals surface area contributed by atoms with Crippen LogP contribution < -0.4 is 5.32 Å². The highest BCUT2D eigenvalue weighted by Gasteiger charge is 2.39. The van der Waals surface area contributed by atoms with Gasteiger partial charge in [0.15, 0.2) is 11.5 Å². The summed E-state index contributed by atoms with van der Waals surface area (Å²) in [4.78, 5) is 25.6. The summed E-state index contributed by atoms with van der Waals surface area (Å²) in [5.41, 5.74) is 3.24. The van der Waals surface area contributed by atoms with Crippen molar-refractivity contribution in [1.82, 2.24) is 15.4 Å². The lowest BCUT2D eigenvalue weighted by Gasteiger charge is -2.24. The van der Waals surface area contributed by atoms with Gasteiger partial charge in [0.1, 0.15) is 0 Å². The summed E-state index contributed by atoms with van der Waals surface area (Å²) in [7, 11) is 1.95. The highest BCUT2D eigenvalue weighted by atomic mass is 16.5. The summed E-state index contributed by atoms with van der Waals surface area (Å²) < 4.78 is 5.15. The Kier molecular flexibility index (Phi) is 6.07. The Morgan fingerprint density at radius 1 is 1.28 bits per heavy atom. The van der Waals surface area contributed by atoms with Crippen LogP contribution in [0.25, 0.3) is 11.3 Å². The molecule has 1 atom stereocenters. The normalized spacial score (nSPS) is 16.5. The van der Waals surface area contributed by atoms with E-state index in [4.69, 9.17) is 9.63 Å². The molecule has 7 nitrogen and oxygen atoms in total. The van der Waals surface area contributed by atoms with Crippen LogP contribution in [-0.2, 0) is 6.54 Å². The Morgan fingerprint density at radius 3 is 2.45 bits per heavy atom. The largest absolute Gasteiger partial charge is 0.476 e. The molecule has 0 unspecified atom stereocenters. The summed E-state index contributed by atoms with van der Waals surface area (Å²) in [5.74, 6) is -0.00499. The highest BCUT2D eigenvalue weighted by molar-refractivity contribution is 6.00. The summed E-state index contributed by atoms with van der Waals surface area (Å²) in [6.07, 6.45) is 2.39. The molecule has 0 spiro atoms. The Labute approximate surface area is 171 Å². The molecule has 2 aromatic rings. The first-order valence-corrected chi connectivity index (χ1v) is 10.0. The van der Waals surface area contributed by atoms with Crippen LogP contribution in [0.5, 0.6) is 0 Å². The third-order valence-electron chi connectivity index (χ3n) is 5.62. The number of rotatable bonds is 5. The number of aromatic carboxylic acids is 1. The van der Waals surface area contributed by atoms with Crippen LogP contribution in [0.3, 0.4) is 0 Å². The van der Waals surface area contributed by atoms with Gasteiger partial charge in [0.05, 0.1) is 0 Å². The van der Waals surface area contributed by atoms with Gasteiger partial charge in [-0.2, -0.15) is 0 Å². The zero-order chi connectivity index (χ0) is 21.3. The van der Waals surface area contributed by atoms with E-state index in [1.54, 1.807) is 0 Å². The molecule has 2 N–H and O–H groups in total. The molecule has 1 aromatic heterocycles. The Hall–Kier alpha value is -2.67. The minimum absolute atomic E-state index is 0.0947. The van der Waals surface area contributed by atoms with Crippen LogP contribution in [0.4, 0.5) is 0 Å². The van der Waals surface area contributed by atoms with Gasteiger partial charge in [0.25, 0.3) is 5.91 Å². The smallest absolute Gasteiger partial charge is 0.358 e. The van der Waals surface area contributed by atoms with E-state index in [-0.39, 0.29) is 17.6 Å². The van der Waals surface area contributed by atoms with Crippen LogP contribution in [-0.4, -0.2) is 46.2 Å². The SMILES string of the molecule is CNC(C)C.Cc1cc(-c2cc(C(=O)O)no2)cc2c1C(=O)N([C@@H](C)C1CC1)C2. The van der Waals surface area contributed by atoms with E-state index in [1.807, 2.05) is 31.0 Å². The third-order valence-corrected chi connectivity index (χ3v) is 5.62. The van der Waals surface area contributed by atoms with Crippen molar-refractivity contribution in [3.05, 3.63) is 40.6 Å². The van der Waals surface area contributed by atoms with Gasteiger partial charge in [0.2, 0.25) is 0 Å². The lowest BCUT2D eigenvalue weighted by molar-refractivity contribution is 0.0680. The van der Waals surface area contributed by atoms with Gasteiger partial charge < -0.3 is 19.8 Å². The zero-order valence-electron chi connectivity index (χ0n) is 17.7. The van der Waals surface area contributed by atoms with Gasteiger partial charge in [-0.15, -0.1) is 0 Å². The maximum atomic E-state index is 12.7. The lowest BCUT2D eigenvalue weighted by atomic mass is 9.99. The molecule has 1 aliphatic heterocycles. The fraction of sp³-hybridized carbons (Fsp3) is 0.500. The van der Waals surface area contributed by atoms with Crippen LogP contribution >= 0.6 is 0 Å². The van der Waals surface area contributed by atoms with Gasteiger partial charge in [-0.3, -0.25) is 4.79 Å². The number of fused-ring (bicyclic) bond motifs is 1. The number of carboxylic acid groups (broad SMARTS) is 1. The highest BCUT2D eigenvalue weighted by Crippen LogP contribution is 2.39. The molecule has 2 aliphatic rings. The molecule has 1 saturated carbocycles. The number of benzene rings is 1. The second kappa shape index (κ2) is 8.37. The molecule has 156 valence electrons. The molecule has 0 bridgehead atoms. The fourth-order valence-corrected chi connectivity index (χ4v) is 3.51. The number of carbonyl (C=O) groups is 2. The van der Waals surface area contributed by atoms with Crippen molar-refractivity contribution in [2.75, 3.05) is 7.05 Å². The van der Waals surface area contributed by atoms with Gasteiger partial charge in [-0.1, -0.05) is 19.0 Å². The van der Waals surface area contributed by atoms with Crippen LogP contribution in [0.15, 0.2) is 22.7 Å². The zero-order valence-corrected chi connectivity index (χ0v) is 17.7. The summed E-state index contributed by atoms with van der Waals surface area (Å²) in [6.45, 7) is 8.84. The van der Waals surface area contributed by atoms with E-state index in [1.165, 1.54) is 18.9 Å². The van der Waals surface area contributed by atoms with Crippen molar-refractivity contribution in [2.45, 2.75) is 59.2 Å². The van der Waals surface area contributed by atoms with E-state index in [2.05, 4.69) is 31.2 Å². The number of carboxylic acids is 1. The Bertz CT molecular complexity index is 915. The van der Waals surface area contributed by atoms with E-state index >= 15 is 0 Å². The molecule has 4 rings (SSSR count). The molecule has 0 radical (unpaired) electrons. The lowest BCUT2D eigenvalue weighted by Crippen LogP contribution is -2.34. The molecule has 1 aromatic carbocycles. The second-order valence-electron chi connectivity index (χ2n) is 8.16. The predicted octanol–water partition coefficient (Wildman–Crippen LogP) is 3.72. The first kappa shape index (κ1) is 21.0. The Morgan fingerprint density at radius 2 is 1.93 bits per heavy atom. The monoisotopic (exact) mass is 399 g/mol. The van der Waals surface area contributed by atoms with Gasteiger partial charge in [-0.05, 0) is 62.9 Å². The Balaban J connectivity index is 0.000000431. The number of amides is 1. The van der Waals surface area contributed by atoms with Crippen molar-refractivity contribution in [2.24, 2.45) is 5.92 Å². The molecule has 1 amide bonds. The van der Waals surface area contributed by atoms with Gasteiger partial charge in [0, 0.05) is 35.8 Å². The first-order valence-electron chi connectivity index (χ1n) is 10.0. The predicted molar refractivity (Wildman–Crippen MR) is 110 cm³/mol. The maximum absolute atomic E-state index is 12.7. The van der Waals surface area contributed by atoms with Crippen molar-refractivity contribution in [3.63, 3.8) is 0 Å². The standard InChI is InChI=1S/C18H18N2O4.C4H11N/c1-9-5-12(15-7-14(18(22)23)19-24-15)6-13-8-20(17(21)16(9)13)10(2)11-3-4-11;1-4(2)5-3/h5-7,10-11H,3-4,8H2,1-2H3,(H,22,23);4-5H,1-3H3/t10-;/m0./s1. The van der Waals surface area contributed by atoms with Crippen LogP contribution in [0.2, 0.25) is 0 Å². The van der Waals surface area contributed by atoms with Crippen molar-refractivity contribution in [1.29, 1.82) is 0 Å². The maximum Gasteiger partial charge on any atom is 0.358 e. The minimum atomic E-state index is -1.12. The van der Waals surface area contributed by atoms with Crippen molar-refractivity contribution in [3.8, 4) is 11.3 Å². The number of carbonyl (C=O) groups excluding carboxylic acids is 1.